The summed E-state index contributed by atoms with van der Waals surface area (Å²) in [6.45, 7) is 11.2. The zero-order valence-electron chi connectivity index (χ0n) is 12.1. The van der Waals surface area contributed by atoms with E-state index in [-0.39, 0.29) is 18.0 Å². The Kier molecular flexibility index (Phi) is 6.73. The summed E-state index contributed by atoms with van der Waals surface area (Å²) in [7, 11) is 0. The van der Waals surface area contributed by atoms with E-state index in [0.717, 1.165) is 0 Å². The molecular weight excluding hydrogens is 232 g/mol. The molecule has 18 heavy (non-hydrogen) atoms. The Bertz CT molecular complexity index is 280. The van der Waals surface area contributed by atoms with E-state index in [2.05, 4.69) is 5.32 Å². The Morgan fingerprint density at radius 2 is 1.72 bits per heavy atom. The van der Waals surface area contributed by atoms with Gasteiger partial charge in [0.05, 0.1) is 5.92 Å². The van der Waals surface area contributed by atoms with E-state index >= 15 is 0 Å². The van der Waals surface area contributed by atoms with Crippen LogP contribution in [0.1, 0.15) is 41.0 Å². The number of hydrogen-bond donors (Lipinski definition) is 2. The normalized spacial score (nSPS) is 12.9. The van der Waals surface area contributed by atoms with Gasteiger partial charge in [0.25, 0.3) is 0 Å². The second kappa shape index (κ2) is 7.24. The molecule has 0 fully saturated rings. The highest BCUT2D eigenvalue weighted by molar-refractivity contribution is 5.76. The van der Waals surface area contributed by atoms with Crippen LogP contribution in [0.15, 0.2) is 0 Å². The monoisotopic (exact) mass is 258 g/mol. The van der Waals surface area contributed by atoms with Gasteiger partial charge in [-0.25, -0.2) is 4.79 Å². The second-order valence-electron chi connectivity index (χ2n) is 5.66. The van der Waals surface area contributed by atoms with Gasteiger partial charge < -0.3 is 15.3 Å². The lowest BCUT2D eigenvalue weighted by atomic mass is 9.84. The first kappa shape index (κ1) is 16.7. The smallest absolute Gasteiger partial charge is 0.317 e. The van der Waals surface area contributed by atoms with Gasteiger partial charge in [0.2, 0.25) is 0 Å². The number of urea groups is 1. The van der Waals surface area contributed by atoms with Crippen LogP contribution < -0.4 is 5.32 Å². The Morgan fingerprint density at radius 3 is 2.06 bits per heavy atom. The van der Waals surface area contributed by atoms with Crippen molar-refractivity contribution in [2.24, 2.45) is 11.3 Å². The van der Waals surface area contributed by atoms with E-state index in [1.165, 1.54) is 0 Å². The molecule has 0 bridgehead atoms. The zero-order chi connectivity index (χ0) is 14.3. The van der Waals surface area contributed by atoms with Crippen LogP contribution in [0.2, 0.25) is 0 Å². The topological polar surface area (TPSA) is 69.6 Å². The number of carboxylic acids is 1. The summed E-state index contributed by atoms with van der Waals surface area (Å²) in [5.41, 5.74) is -0.0665. The van der Waals surface area contributed by atoms with Gasteiger partial charge in [0, 0.05) is 19.6 Å². The molecule has 0 saturated heterocycles. The lowest BCUT2D eigenvalue weighted by molar-refractivity contribution is -0.142. The molecule has 0 radical (unpaired) electrons. The van der Waals surface area contributed by atoms with Crippen LogP contribution in [0, 0.1) is 11.3 Å². The number of carbonyl (C=O) groups is 2. The van der Waals surface area contributed by atoms with Crippen molar-refractivity contribution in [3.8, 4) is 0 Å². The molecule has 106 valence electrons. The van der Waals surface area contributed by atoms with E-state index in [0.29, 0.717) is 19.5 Å². The fourth-order valence-corrected chi connectivity index (χ4v) is 1.82. The maximum atomic E-state index is 11.7. The van der Waals surface area contributed by atoms with Gasteiger partial charge in [0.15, 0.2) is 0 Å². The Labute approximate surface area is 110 Å². The van der Waals surface area contributed by atoms with E-state index < -0.39 is 11.9 Å². The summed E-state index contributed by atoms with van der Waals surface area (Å²) >= 11 is 0. The van der Waals surface area contributed by atoms with Crippen LogP contribution in [0.25, 0.3) is 0 Å². The molecule has 5 heteroatoms. The molecule has 0 aromatic carbocycles. The van der Waals surface area contributed by atoms with Crippen molar-refractivity contribution in [3.05, 3.63) is 0 Å². The molecule has 0 saturated carbocycles. The third-order valence-corrected chi connectivity index (χ3v) is 2.76. The first-order valence-electron chi connectivity index (χ1n) is 6.46. The van der Waals surface area contributed by atoms with Gasteiger partial charge in [-0.15, -0.1) is 0 Å². The molecule has 2 N–H and O–H groups in total. The van der Waals surface area contributed by atoms with Crippen LogP contribution in [0.4, 0.5) is 4.79 Å². The van der Waals surface area contributed by atoms with Gasteiger partial charge in [-0.3, -0.25) is 4.79 Å². The number of aliphatic carboxylic acids is 1. The van der Waals surface area contributed by atoms with Crippen molar-refractivity contribution < 1.29 is 14.7 Å². The summed E-state index contributed by atoms with van der Waals surface area (Å²) in [4.78, 5) is 24.5. The highest BCUT2D eigenvalue weighted by Gasteiger charge is 2.25. The predicted molar refractivity (Wildman–Crippen MR) is 71.5 cm³/mol. The molecule has 0 heterocycles. The average Bonchev–Trinajstić information content (AvgIpc) is 2.24. The van der Waals surface area contributed by atoms with Crippen LogP contribution in [0.3, 0.4) is 0 Å². The minimum Gasteiger partial charge on any atom is -0.481 e. The lowest BCUT2D eigenvalue weighted by Crippen LogP contribution is -2.43. The maximum Gasteiger partial charge on any atom is 0.317 e. The summed E-state index contributed by atoms with van der Waals surface area (Å²) in [5, 5.41) is 11.8. The van der Waals surface area contributed by atoms with Crippen molar-refractivity contribution in [3.63, 3.8) is 0 Å². The summed E-state index contributed by atoms with van der Waals surface area (Å²) in [6.07, 6.45) is 0.543. The number of amides is 2. The van der Waals surface area contributed by atoms with Crippen LogP contribution in [-0.2, 0) is 4.79 Å². The van der Waals surface area contributed by atoms with Crippen LogP contribution >= 0.6 is 0 Å². The fourth-order valence-electron chi connectivity index (χ4n) is 1.82. The van der Waals surface area contributed by atoms with Crippen LogP contribution in [0.5, 0.6) is 0 Å². The molecule has 1 unspecified atom stereocenters. The highest BCUT2D eigenvalue weighted by Crippen LogP contribution is 2.24. The van der Waals surface area contributed by atoms with Gasteiger partial charge >= 0.3 is 12.0 Å². The number of nitrogens with one attached hydrogen (secondary N) is 1. The quantitative estimate of drug-likeness (QED) is 0.767. The van der Waals surface area contributed by atoms with E-state index in [9.17, 15) is 9.59 Å². The van der Waals surface area contributed by atoms with Crippen molar-refractivity contribution in [2.75, 3.05) is 19.6 Å². The van der Waals surface area contributed by atoms with E-state index in [4.69, 9.17) is 5.11 Å². The second-order valence-corrected chi connectivity index (χ2v) is 5.66. The largest absolute Gasteiger partial charge is 0.481 e. The number of carboxylic acid groups (broad SMARTS) is 1. The molecule has 0 aromatic rings. The summed E-state index contributed by atoms with van der Waals surface area (Å²) in [6, 6.07) is -0.194. The lowest BCUT2D eigenvalue weighted by Gasteiger charge is -2.25. The molecule has 1 atom stereocenters. The van der Waals surface area contributed by atoms with Crippen molar-refractivity contribution in [1.29, 1.82) is 0 Å². The zero-order valence-corrected chi connectivity index (χ0v) is 12.1. The molecule has 0 aromatic heterocycles. The highest BCUT2D eigenvalue weighted by atomic mass is 16.4. The minimum absolute atomic E-state index is 0.0665. The first-order valence-corrected chi connectivity index (χ1v) is 6.46. The first-order chi connectivity index (χ1) is 8.21. The number of rotatable bonds is 6. The minimum atomic E-state index is -0.857. The van der Waals surface area contributed by atoms with Crippen LogP contribution in [-0.4, -0.2) is 41.6 Å². The van der Waals surface area contributed by atoms with Gasteiger partial charge in [0.1, 0.15) is 0 Å². The maximum absolute atomic E-state index is 11.7. The van der Waals surface area contributed by atoms with Gasteiger partial charge in [-0.1, -0.05) is 20.8 Å². The molecule has 2 amide bonds. The van der Waals surface area contributed by atoms with E-state index in [1.807, 2.05) is 34.6 Å². The Balaban J connectivity index is 4.36. The molecule has 0 aliphatic carbocycles. The third-order valence-electron chi connectivity index (χ3n) is 2.76. The van der Waals surface area contributed by atoms with Crippen molar-refractivity contribution in [1.82, 2.24) is 10.2 Å². The molecule has 0 rings (SSSR count). The van der Waals surface area contributed by atoms with Crippen molar-refractivity contribution in [2.45, 2.75) is 41.0 Å². The molecule has 0 aliphatic rings. The average molecular weight is 258 g/mol. The standard InChI is InChI=1S/C13H26N2O3/c1-6-15(7-2)12(18)14-9-10(11(16)17)8-13(3,4)5/h10H,6-9H2,1-5H3,(H,14,18)(H,16,17). The third kappa shape index (κ3) is 6.47. The molecule has 0 aliphatic heterocycles. The van der Waals surface area contributed by atoms with Gasteiger partial charge in [-0.2, -0.15) is 0 Å². The Morgan fingerprint density at radius 1 is 1.22 bits per heavy atom. The predicted octanol–water partition coefficient (Wildman–Crippen LogP) is 2.17. The number of carbonyl (C=O) groups excluding carboxylic acids is 1. The molecular formula is C13H26N2O3. The SMILES string of the molecule is CCN(CC)C(=O)NCC(CC(C)(C)C)C(=O)O. The van der Waals surface area contributed by atoms with Crippen molar-refractivity contribution >= 4 is 12.0 Å². The molecule has 0 spiro atoms. The summed E-state index contributed by atoms with van der Waals surface area (Å²) < 4.78 is 0. The fraction of sp³-hybridized carbons (Fsp3) is 0.846. The number of hydrogen-bond acceptors (Lipinski definition) is 2. The van der Waals surface area contributed by atoms with E-state index in [1.54, 1.807) is 4.90 Å². The molecule has 5 nitrogen and oxygen atoms in total. The summed E-state index contributed by atoms with van der Waals surface area (Å²) in [5.74, 6) is -1.39. The van der Waals surface area contributed by atoms with Gasteiger partial charge in [-0.05, 0) is 25.7 Å². The number of nitrogens with zero attached hydrogens (tertiary/aromatic N) is 1. The Hall–Kier alpha value is -1.26.